The van der Waals surface area contributed by atoms with Crippen LogP contribution in [0.4, 0.5) is 11.4 Å². The number of benzene rings is 2. The van der Waals surface area contributed by atoms with Gasteiger partial charge in [0.05, 0.1) is 5.69 Å². The van der Waals surface area contributed by atoms with Crippen LogP contribution in [0.2, 0.25) is 0 Å². The molecule has 3 rings (SSSR count). The van der Waals surface area contributed by atoms with E-state index in [1.54, 1.807) is 12.1 Å². The Morgan fingerprint density at radius 3 is 2.54 bits per heavy atom. The van der Waals surface area contributed by atoms with Crippen LogP contribution in [-0.2, 0) is 17.6 Å². The highest BCUT2D eigenvalue weighted by Crippen LogP contribution is 2.37. The number of amides is 1. The van der Waals surface area contributed by atoms with Gasteiger partial charge in [-0.2, -0.15) is 0 Å². The van der Waals surface area contributed by atoms with Crippen LogP contribution in [-0.4, -0.2) is 18.1 Å². The summed E-state index contributed by atoms with van der Waals surface area (Å²) in [6, 6.07) is 13.7. The molecule has 1 aliphatic rings. The Hall–Kier alpha value is -2.49. The molecule has 2 N–H and O–H groups in total. The summed E-state index contributed by atoms with van der Waals surface area (Å²) in [6.07, 6.45) is 0.990. The van der Waals surface area contributed by atoms with Gasteiger partial charge in [0.1, 0.15) is 5.75 Å². The van der Waals surface area contributed by atoms with E-state index in [9.17, 15) is 4.79 Å². The summed E-state index contributed by atoms with van der Waals surface area (Å²) in [5, 5.41) is 0. The minimum absolute atomic E-state index is 0.00757. The summed E-state index contributed by atoms with van der Waals surface area (Å²) < 4.78 is 6.04. The van der Waals surface area contributed by atoms with Gasteiger partial charge in [0.2, 0.25) is 0 Å². The molecule has 4 heteroatoms. The van der Waals surface area contributed by atoms with Crippen LogP contribution in [0.3, 0.4) is 0 Å². The van der Waals surface area contributed by atoms with Crippen molar-refractivity contribution in [1.29, 1.82) is 0 Å². The molecule has 0 aromatic heterocycles. The monoisotopic (exact) mass is 324 g/mol. The Kier molecular flexibility index (Phi) is 4.47. The Bertz CT molecular complexity index is 755. The van der Waals surface area contributed by atoms with Crippen LogP contribution in [0.25, 0.3) is 0 Å². The van der Waals surface area contributed by atoms with Crippen LogP contribution in [0.5, 0.6) is 5.75 Å². The van der Waals surface area contributed by atoms with Crippen molar-refractivity contribution in [2.24, 2.45) is 0 Å². The molecule has 0 fully saturated rings. The Labute approximate surface area is 143 Å². The first kappa shape index (κ1) is 16.4. The minimum Gasteiger partial charge on any atom is -0.478 e. The SMILES string of the molecule is CCc1ccccc1CC1Oc2cc(N)ccc2N(C(C)C)C1=O. The molecule has 0 bridgehead atoms. The average Bonchev–Trinajstić information content (AvgIpc) is 2.56. The van der Waals surface area contributed by atoms with Gasteiger partial charge >= 0.3 is 0 Å². The molecule has 24 heavy (non-hydrogen) atoms. The minimum atomic E-state index is -0.519. The van der Waals surface area contributed by atoms with Gasteiger partial charge in [-0.25, -0.2) is 0 Å². The number of ether oxygens (including phenoxy) is 1. The first-order valence-corrected chi connectivity index (χ1v) is 8.47. The fourth-order valence-corrected chi connectivity index (χ4v) is 3.26. The Morgan fingerprint density at radius 2 is 1.88 bits per heavy atom. The number of nitrogens with zero attached hydrogens (tertiary/aromatic N) is 1. The third kappa shape index (κ3) is 2.96. The molecular weight excluding hydrogens is 300 g/mol. The summed E-state index contributed by atoms with van der Waals surface area (Å²) in [5.74, 6) is 0.690. The summed E-state index contributed by atoms with van der Waals surface area (Å²) in [5.41, 5.74) is 9.75. The molecule has 0 radical (unpaired) electrons. The van der Waals surface area contributed by atoms with Gasteiger partial charge < -0.3 is 15.4 Å². The largest absolute Gasteiger partial charge is 0.478 e. The lowest BCUT2D eigenvalue weighted by atomic mass is 9.98. The molecule has 4 nitrogen and oxygen atoms in total. The molecule has 0 saturated carbocycles. The van der Waals surface area contributed by atoms with Crippen molar-refractivity contribution in [3.8, 4) is 5.75 Å². The van der Waals surface area contributed by atoms with Crippen LogP contribution in [0.15, 0.2) is 42.5 Å². The second-order valence-corrected chi connectivity index (χ2v) is 6.46. The summed E-state index contributed by atoms with van der Waals surface area (Å²) in [6.45, 7) is 6.15. The quantitative estimate of drug-likeness (QED) is 0.875. The first-order valence-electron chi connectivity index (χ1n) is 8.47. The first-order chi connectivity index (χ1) is 11.5. The normalized spacial score (nSPS) is 16.9. The Balaban J connectivity index is 1.96. The van der Waals surface area contributed by atoms with Crippen molar-refractivity contribution in [1.82, 2.24) is 0 Å². The highest BCUT2D eigenvalue weighted by Gasteiger charge is 2.36. The van der Waals surface area contributed by atoms with Crippen LogP contribution in [0, 0.1) is 0 Å². The smallest absolute Gasteiger partial charge is 0.268 e. The predicted molar refractivity (Wildman–Crippen MR) is 97.4 cm³/mol. The molecule has 2 aromatic rings. The maximum Gasteiger partial charge on any atom is 0.268 e. The average molecular weight is 324 g/mol. The van der Waals surface area contributed by atoms with Crippen molar-refractivity contribution in [2.75, 3.05) is 10.6 Å². The summed E-state index contributed by atoms with van der Waals surface area (Å²) in [7, 11) is 0. The maximum atomic E-state index is 13.0. The number of nitrogens with two attached hydrogens (primary N) is 1. The molecule has 1 heterocycles. The number of aryl methyl sites for hydroxylation is 1. The number of hydrogen-bond acceptors (Lipinski definition) is 3. The standard InChI is InChI=1S/C20H24N2O2/c1-4-14-7-5-6-8-15(14)11-19-20(23)22(13(2)3)17-10-9-16(21)12-18(17)24-19/h5-10,12-13,19H,4,11,21H2,1-3H3. The molecule has 1 unspecified atom stereocenters. The van der Waals surface area contributed by atoms with Crippen molar-refractivity contribution in [3.05, 3.63) is 53.6 Å². The zero-order valence-corrected chi connectivity index (χ0v) is 14.5. The van der Waals surface area contributed by atoms with Gasteiger partial charge in [-0.1, -0.05) is 31.2 Å². The van der Waals surface area contributed by atoms with Crippen LogP contribution in [0.1, 0.15) is 31.9 Å². The molecule has 0 saturated heterocycles. The molecule has 2 aromatic carbocycles. The zero-order valence-electron chi connectivity index (χ0n) is 14.5. The number of fused-ring (bicyclic) bond motifs is 1. The lowest BCUT2D eigenvalue weighted by Gasteiger charge is -2.37. The number of carbonyl (C=O) groups is 1. The van der Waals surface area contributed by atoms with Crippen molar-refractivity contribution < 1.29 is 9.53 Å². The van der Waals surface area contributed by atoms with Crippen molar-refractivity contribution >= 4 is 17.3 Å². The maximum absolute atomic E-state index is 13.0. The molecule has 126 valence electrons. The lowest BCUT2D eigenvalue weighted by Crippen LogP contribution is -2.50. The fourth-order valence-electron chi connectivity index (χ4n) is 3.26. The van der Waals surface area contributed by atoms with E-state index in [2.05, 4.69) is 19.1 Å². The molecule has 1 aliphatic heterocycles. The lowest BCUT2D eigenvalue weighted by molar-refractivity contribution is -0.126. The second kappa shape index (κ2) is 6.56. The van der Waals surface area contributed by atoms with E-state index >= 15 is 0 Å². The van der Waals surface area contributed by atoms with Gasteiger partial charge in [-0.05, 0) is 43.5 Å². The summed E-state index contributed by atoms with van der Waals surface area (Å²) in [4.78, 5) is 14.8. The van der Waals surface area contributed by atoms with Gasteiger partial charge in [-0.3, -0.25) is 4.79 Å². The summed E-state index contributed by atoms with van der Waals surface area (Å²) >= 11 is 0. The van der Waals surface area contributed by atoms with E-state index < -0.39 is 6.10 Å². The molecule has 1 amide bonds. The third-order valence-electron chi connectivity index (χ3n) is 4.45. The van der Waals surface area contributed by atoms with Gasteiger partial charge in [-0.15, -0.1) is 0 Å². The van der Waals surface area contributed by atoms with Crippen LogP contribution < -0.4 is 15.4 Å². The van der Waals surface area contributed by atoms with E-state index in [-0.39, 0.29) is 11.9 Å². The van der Waals surface area contributed by atoms with E-state index in [4.69, 9.17) is 10.5 Å². The highest BCUT2D eigenvalue weighted by atomic mass is 16.5. The highest BCUT2D eigenvalue weighted by molar-refractivity contribution is 6.01. The fraction of sp³-hybridized carbons (Fsp3) is 0.350. The van der Waals surface area contributed by atoms with E-state index in [0.717, 1.165) is 17.7 Å². The number of anilines is 2. The number of carbonyl (C=O) groups excluding carboxylic acids is 1. The molecular formula is C20H24N2O2. The van der Waals surface area contributed by atoms with Gasteiger partial charge in [0.15, 0.2) is 6.10 Å². The van der Waals surface area contributed by atoms with Gasteiger partial charge in [0.25, 0.3) is 5.91 Å². The number of nitrogen functional groups attached to an aromatic ring is 1. The molecule has 0 spiro atoms. The number of hydrogen-bond donors (Lipinski definition) is 1. The van der Waals surface area contributed by atoms with Crippen molar-refractivity contribution in [2.45, 2.75) is 45.8 Å². The molecule has 1 atom stereocenters. The third-order valence-corrected chi connectivity index (χ3v) is 4.45. The van der Waals surface area contributed by atoms with Crippen molar-refractivity contribution in [3.63, 3.8) is 0 Å². The van der Waals surface area contributed by atoms with E-state index in [1.165, 1.54) is 5.56 Å². The topological polar surface area (TPSA) is 55.6 Å². The van der Waals surface area contributed by atoms with Gasteiger partial charge in [0, 0.05) is 24.2 Å². The zero-order chi connectivity index (χ0) is 17.3. The number of rotatable bonds is 4. The predicted octanol–water partition coefficient (Wildman–Crippen LogP) is 3.58. The Morgan fingerprint density at radius 1 is 1.17 bits per heavy atom. The second-order valence-electron chi connectivity index (χ2n) is 6.46. The van der Waals surface area contributed by atoms with E-state index in [1.807, 2.05) is 36.9 Å². The van der Waals surface area contributed by atoms with E-state index in [0.29, 0.717) is 17.9 Å². The molecule has 0 aliphatic carbocycles. The van der Waals surface area contributed by atoms with Crippen LogP contribution >= 0.6 is 0 Å².